The summed E-state index contributed by atoms with van der Waals surface area (Å²) in [6.07, 6.45) is -1.23. The maximum absolute atomic E-state index is 13.3. The van der Waals surface area contributed by atoms with Gasteiger partial charge in [0.25, 0.3) is 5.91 Å². The predicted octanol–water partition coefficient (Wildman–Crippen LogP) is 3.03. The molecule has 1 aromatic carbocycles. The Morgan fingerprint density at radius 3 is 2.22 bits per heavy atom. The number of benzene rings is 1. The van der Waals surface area contributed by atoms with Gasteiger partial charge in [0.15, 0.2) is 0 Å². The van der Waals surface area contributed by atoms with Crippen LogP contribution in [0.2, 0.25) is 0 Å². The number of amides is 1. The zero-order valence-corrected chi connectivity index (χ0v) is 16.6. The number of rotatable bonds is 10. The van der Waals surface area contributed by atoms with Crippen LogP contribution in [-0.2, 0) is 18.7 Å². The van der Waals surface area contributed by atoms with Gasteiger partial charge in [-0.2, -0.15) is 0 Å². The summed E-state index contributed by atoms with van der Waals surface area (Å²) in [4.78, 5) is 34.4. The molecule has 0 aromatic heterocycles. The SMILES string of the molecule is CC(C)(C)OP(=O)(CNC(=O)c1ccccc1)CC(CCC(=O)O)C(=O)O. The van der Waals surface area contributed by atoms with Gasteiger partial charge in [-0.3, -0.25) is 18.9 Å². The van der Waals surface area contributed by atoms with E-state index in [2.05, 4.69) is 5.32 Å². The fourth-order valence-electron chi connectivity index (χ4n) is 2.44. The Kier molecular flexibility index (Phi) is 8.19. The van der Waals surface area contributed by atoms with Gasteiger partial charge in [0.1, 0.15) is 0 Å². The largest absolute Gasteiger partial charge is 0.481 e. The Labute approximate surface area is 158 Å². The quantitative estimate of drug-likeness (QED) is 0.516. The third-order valence-electron chi connectivity index (χ3n) is 3.51. The van der Waals surface area contributed by atoms with Crippen LogP contribution in [0.5, 0.6) is 0 Å². The molecular formula is C18H26NO7P. The lowest BCUT2D eigenvalue weighted by molar-refractivity contribution is -0.142. The fraction of sp³-hybridized carbons (Fsp3) is 0.500. The van der Waals surface area contributed by atoms with Crippen LogP contribution in [0.15, 0.2) is 30.3 Å². The molecule has 150 valence electrons. The summed E-state index contributed by atoms with van der Waals surface area (Å²) in [5.41, 5.74) is -0.455. The number of hydrogen-bond acceptors (Lipinski definition) is 5. The Hall–Kier alpha value is -2.18. The van der Waals surface area contributed by atoms with E-state index in [1.54, 1.807) is 51.1 Å². The van der Waals surface area contributed by atoms with Crippen LogP contribution >= 0.6 is 7.37 Å². The molecule has 2 unspecified atom stereocenters. The Morgan fingerprint density at radius 1 is 1.15 bits per heavy atom. The Balaban J connectivity index is 2.92. The molecule has 0 radical (unpaired) electrons. The van der Waals surface area contributed by atoms with Gasteiger partial charge in [0.2, 0.25) is 7.37 Å². The van der Waals surface area contributed by atoms with Gasteiger partial charge in [-0.05, 0) is 39.3 Å². The monoisotopic (exact) mass is 399 g/mol. The van der Waals surface area contributed by atoms with Crippen molar-refractivity contribution in [3.8, 4) is 0 Å². The van der Waals surface area contributed by atoms with Crippen molar-refractivity contribution in [2.45, 2.75) is 39.2 Å². The van der Waals surface area contributed by atoms with Gasteiger partial charge in [0.05, 0.1) is 17.8 Å². The summed E-state index contributed by atoms with van der Waals surface area (Å²) in [5.74, 6) is -3.98. The summed E-state index contributed by atoms with van der Waals surface area (Å²) in [7, 11) is -3.59. The van der Waals surface area contributed by atoms with Gasteiger partial charge >= 0.3 is 11.9 Å². The number of aliphatic carboxylic acids is 2. The molecule has 9 heteroatoms. The highest BCUT2D eigenvalue weighted by Gasteiger charge is 2.35. The Bertz CT molecular complexity index is 712. The molecule has 0 fully saturated rings. The first-order valence-electron chi connectivity index (χ1n) is 8.48. The van der Waals surface area contributed by atoms with Crippen LogP contribution in [0, 0.1) is 5.92 Å². The molecule has 3 N–H and O–H groups in total. The normalized spacial score (nSPS) is 14.8. The first-order chi connectivity index (χ1) is 12.4. The number of carbonyl (C=O) groups excluding carboxylic acids is 1. The first-order valence-corrected chi connectivity index (χ1v) is 10.5. The number of nitrogens with one attached hydrogen (secondary N) is 1. The van der Waals surface area contributed by atoms with Crippen LogP contribution in [0.1, 0.15) is 44.0 Å². The maximum Gasteiger partial charge on any atom is 0.307 e. The molecule has 1 aromatic rings. The summed E-state index contributed by atoms with van der Waals surface area (Å²) >= 11 is 0. The van der Waals surface area contributed by atoms with Crippen molar-refractivity contribution < 1.29 is 33.7 Å². The van der Waals surface area contributed by atoms with Gasteiger partial charge in [0, 0.05) is 18.1 Å². The van der Waals surface area contributed by atoms with Crippen LogP contribution in [-0.4, -0.2) is 46.1 Å². The molecular weight excluding hydrogens is 373 g/mol. The highest BCUT2D eigenvalue weighted by Crippen LogP contribution is 2.51. The average Bonchev–Trinajstić information content (AvgIpc) is 2.55. The molecule has 0 aliphatic rings. The second-order valence-electron chi connectivity index (χ2n) is 7.20. The molecule has 1 amide bonds. The van der Waals surface area contributed by atoms with Crippen molar-refractivity contribution in [1.82, 2.24) is 5.32 Å². The number of hydrogen-bond donors (Lipinski definition) is 3. The van der Waals surface area contributed by atoms with Gasteiger partial charge < -0.3 is 20.1 Å². The lowest BCUT2D eigenvalue weighted by Gasteiger charge is -2.29. The minimum Gasteiger partial charge on any atom is -0.481 e. The van der Waals surface area contributed by atoms with Crippen LogP contribution < -0.4 is 5.32 Å². The molecule has 0 bridgehead atoms. The number of carboxylic acid groups (broad SMARTS) is 2. The van der Waals surface area contributed by atoms with E-state index in [9.17, 15) is 24.1 Å². The van der Waals surface area contributed by atoms with Crippen LogP contribution in [0.3, 0.4) is 0 Å². The van der Waals surface area contributed by atoms with Crippen molar-refractivity contribution >= 4 is 25.2 Å². The van der Waals surface area contributed by atoms with Gasteiger partial charge in [-0.15, -0.1) is 0 Å². The van der Waals surface area contributed by atoms with Gasteiger partial charge in [-0.25, -0.2) is 0 Å². The van der Waals surface area contributed by atoms with E-state index in [0.717, 1.165) is 0 Å². The number of carbonyl (C=O) groups is 3. The van der Waals surface area contributed by atoms with E-state index in [0.29, 0.717) is 5.56 Å². The minimum absolute atomic E-state index is 0.172. The molecule has 2 atom stereocenters. The lowest BCUT2D eigenvalue weighted by atomic mass is 10.1. The second-order valence-corrected chi connectivity index (χ2v) is 9.69. The minimum atomic E-state index is -3.59. The predicted molar refractivity (Wildman–Crippen MR) is 100 cm³/mol. The summed E-state index contributed by atoms with van der Waals surface area (Å²) < 4.78 is 18.9. The van der Waals surface area contributed by atoms with Crippen molar-refractivity contribution in [3.63, 3.8) is 0 Å². The molecule has 0 heterocycles. The molecule has 0 saturated carbocycles. The summed E-state index contributed by atoms with van der Waals surface area (Å²) in [6, 6.07) is 8.32. The maximum atomic E-state index is 13.3. The van der Waals surface area contributed by atoms with Crippen LogP contribution in [0.25, 0.3) is 0 Å². The van der Waals surface area contributed by atoms with E-state index in [-0.39, 0.29) is 25.3 Å². The van der Waals surface area contributed by atoms with E-state index >= 15 is 0 Å². The van der Waals surface area contributed by atoms with Crippen molar-refractivity contribution in [2.75, 3.05) is 12.4 Å². The van der Waals surface area contributed by atoms with Crippen molar-refractivity contribution in [3.05, 3.63) is 35.9 Å². The summed E-state index contributed by atoms with van der Waals surface area (Å²) in [6.45, 7) is 5.02. The fourth-order valence-corrected chi connectivity index (χ4v) is 5.10. The molecule has 8 nitrogen and oxygen atoms in total. The Morgan fingerprint density at radius 2 is 1.74 bits per heavy atom. The first kappa shape index (κ1) is 22.9. The third kappa shape index (κ3) is 8.84. The van der Waals surface area contributed by atoms with Crippen LogP contribution in [0.4, 0.5) is 0 Å². The second kappa shape index (κ2) is 9.67. The number of carboxylic acids is 2. The van der Waals surface area contributed by atoms with E-state index in [1.165, 1.54) is 0 Å². The smallest absolute Gasteiger partial charge is 0.307 e. The lowest BCUT2D eigenvalue weighted by Crippen LogP contribution is -2.31. The van der Waals surface area contributed by atoms with Crippen molar-refractivity contribution in [2.24, 2.45) is 5.92 Å². The average molecular weight is 399 g/mol. The molecule has 1 rings (SSSR count). The summed E-state index contributed by atoms with van der Waals surface area (Å²) in [5, 5.41) is 20.7. The van der Waals surface area contributed by atoms with Crippen molar-refractivity contribution in [1.29, 1.82) is 0 Å². The highest BCUT2D eigenvalue weighted by atomic mass is 31.2. The molecule has 0 aliphatic heterocycles. The van der Waals surface area contributed by atoms with Gasteiger partial charge in [-0.1, -0.05) is 18.2 Å². The highest BCUT2D eigenvalue weighted by molar-refractivity contribution is 7.59. The zero-order valence-electron chi connectivity index (χ0n) is 15.7. The molecule has 0 spiro atoms. The van der Waals surface area contributed by atoms with E-state index < -0.39 is 36.7 Å². The molecule has 0 aliphatic carbocycles. The topological polar surface area (TPSA) is 130 Å². The van der Waals surface area contributed by atoms with E-state index in [1.807, 2.05) is 0 Å². The molecule has 27 heavy (non-hydrogen) atoms. The standard InChI is InChI=1S/C18H26NO7P/c1-18(2,3)26-27(25,11-14(17(23)24)9-10-15(20)21)12-19-16(22)13-7-5-4-6-8-13/h4-8,14H,9-12H2,1-3H3,(H,19,22)(H,20,21)(H,23,24). The zero-order chi connectivity index (χ0) is 20.7. The third-order valence-corrected chi connectivity index (χ3v) is 6.03. The van der Waals surface area contributed by atoms with E-state index in [4.69, 9.17) is 9.63 Å². The molecule has 0 saturated heterocycles.